The van der Waals surface area contributed by atoms with E-state index in [0.717, 1.165) is 31.9 Å². The highest BCUT2D eigenvalue weighted by Crippen LogP contribution is 2.13. The van der Waals surface area contributed by atoms with E-state index >= 15 is 0 Å². The van der Waals surface area contributed by atoms with Crippen LogP contribution < -0.4 is 10.1 Å². The predicted molar refractivity (Wildman–Crippen MR) is 79.0 cm³/mol. The van der Waals surface area contributed by atoms with Gasteiger partial charge in [0.1, 0.15) is 5.75 Å². The Morgan fingerprint density at radius 2 is 1.89 bits per heavy atom. The standard InChI is InChI=1S/C16H25NO/c1-3-5-14-18-16-10-8-15(9-11-16)7-6-13-17-12-4-2/h6-11,17H,3-5,12-14H2,1-2H3. The Hall–Kier alpha value is -1.28. The van der Waals surface area contributed by atoms with E-state index < -0.39 is 0 Å². The summed E-state index contributed by atoms with van der Waals surface area (Å²) in [5, 5.41) is 3.34. The summed E-state index contributed by atoms with van der Waals surface area (Å²) in [4.78, 5) is 0. The van der Waals surface area contributed by atoms with Crippen LogP contribution >= 0.6 is 0 Å². The van der Waals surface area contributed by atoms with Crippen LogP contribution in [-0.2, 0) is 0 Å². The van der Waals surface area contributed by atoms with Gasteiger partial charge in [-0.3, -0.25) is 0 Å². The normalized spacial score (nSPS) is 11.0. The second-order valence-electron chi connectivity index (χ2n) is 4.38. The fourth-order valence-corrected chi connectivity index (χ4v) is 1.57. The van der Waals surface area contributed by atoms with Gasteiger partial charge in [-0.15, -0.1) is 0 Å². The Balaban J connectivity index is 2.30. The number of nitrogens with one attached hydrogen (secondary N) is 1. The molecule has 100 valence electrons. The molecule has 0 aliphatic carbocycles. The zero-order chi connectivity index (χ0) is 13.1. The zero-order valence-corrected chi connectivity index (χ0v) is 11.6. The van der Waals surface area contributed by atoms with E-state index in [1.807, 2.05) is 12.1 Å². The predicted octanol–water partition coefficient (Wildman–Crippen LogP) is 3.88. The third-order valence-corrected chi connectivity index (χ3v) is 2.65. The van der Waals surface area contributed by atoms with Crippen LogP contribution in [0.15, 0.2) is 30.3 Å². The largest absolute Gasteiger partial charge is 0.494 e. The molecule has 0 unspecified atom stereocenters. The summed E-state index contributed by atoms with van der Waals surface area (Å²) < 4.78 is 5.62. The first-order valence-corrected chi connectivity index (χ1v) is 6.97. The van der Waals surface area contributed by atoms with E-state index in [1.54, 1.807) is 0 Å². The smallest absolute Gasteiger partial charge is 0.119 e. The van der Waals surface area contributed by atoms with Crippen LogP contribution in [0, 0.1) is 0 Å². The van der Waals surface area contributed by atoms with Crippen LogP contribution in [0.4, 0.5) is 0 Å². The van der Waals surface area contributed by atoms with E-state index in [1.165, 1.54) is 18.4 Å². The molecular weight excluding hydrogens is 222 g/mol. The molecular formula is C16H25NO. The summed E-state index contributed by atoms with van der Waals surface area (Å²) in [5.41, 5.74) is 1.22. The fraction of sp³-hybridized carbons (Fsp3) is 0.500. The van der Waals surface area contributed by atoms with Crippen molar-refractivity contribution in [3.63, 3.8) is 0 Å². The summed E-state index contributed by atoms with van der Waals surface area (Å²) in [6.07, 6.45) is 7.76. The van der Waals surface area contributed by atoms with Crippen LogP contribution in [0.3, 0.4) is 0 Å². The number of rotatable bonds is 9. The van der Waals surface area contributed by atoms with E-state index in [9.17, 15) is 0 Å². The lowest BCUT2D eigenvalue weighted by Gasteiger charge is -2.05. The van der Waals surface area contributed by atoms with Crippen molar-refractivity contribution >= 4 is 6.08 Å². The average molecular weight is 247 g/mol. The van der Waals surface area contributed by atoms with Crippen molar-refractivity contribution in [2.24, 2.45) is 0 Å². The molecule has 0 aliphatic heterocycles. The lowest BCUT2D eigenvalue weighted by Crippen LogP contribution is -2.13. The molecule has 1 aromatic carbocycles. The van der Waals surface area contributed by atoms with E-state index in [4.69, 9.17) is 4.74 Å². The molecule has 18 heavy (non-hydrogen) atoms. The number of hydrogen-bond acceptors (Lipinski definition) is 2. The Morgan fingerprint density at radius 3 is 2.56 bits per heavy atom. The average Bonchev–Trinajstić information content (AvgIpc) is 2.40. The van der Waals surface area contributed by atoms with Gasteiger partial charge in [0.2, 0.25) is 0 Å². The van der Waals surface area contributed by atoms with Crippen molar-refractivity contribution in [2.45, 2.75) is 33.1 Å². The first-order valence-electron chi connectivity index (χ1n) is 6.97. The first kappa shape index (κ1) is 14.8. The van der Waals surface area contributed by atoms with Gasteiger partial charge in [-0.1, -0.05) is 44.6 Å². The maximum Gasteiger partial charge on any atom is 0.119 e. The van der Waals surface area contributed by atoms with Crippen molar-refractivity contribution in [2.75, 3.05) is 19.7 Å². The highest BCUT2D eigenvalue weighted by Gasteiger charge is 1.92. The Bertz CT molecular complexity index is 329. The summed E-state index contributed by atoms with van der Waals surface area (Å²) >= 11 is 0. The summed E-state index contributed by atoms with van der Waals surface area (Å²) in [6, 6.07) is 8.26. The Kier molecular flexibility index (Phi) is 7.98. The molecule has 0 atom stereocenters. The molecule has 2 nitrogen and oxygen atoms in total. The number of unbranched alkanes of at least 4 members (excludes halogenated alkanes) is 1. The van der Waals surface area contributed by atoms with Gasteiger partial charge in [-0.25, -0.2) is 0 Å². The monoisotopic (exact) mass is 247 g/mol. The highest BCUT2D eigenvalue weighted by molar-refractivity contribution is 5.50. The Labute approximate surface area is 111 Å². The molecule has 0 spiro atoms. The molecule has 2 heteroatoms. The lowest BCUT2D eigenvalue weighted by atomic mass is 10.2. The van der Waals surface area contributed by atoms with Gasteiger partial charge in [0.05, 0.1) is 6.61 Å². The molecule has 0 heterocycles. The zero-order valence-electron chi connectivity index (χ0n) is 11.6. The van der Waals surface area contributed by atoms with Gasteiger partial charge in [0, 0.05) is 6.54 Å². The van der Waals surface area contributed by atoms with Gasteiger partial charge in [0.25, 0.3) is 0 Å². The van der Waals surface area contributed by atoms with E-state index in [0.29, 0.717) is 0 Å². The van der Waals surface area contributed by atoms with Crippen molar-refractivity contribution in [1.29, 1.82) is 0 Å². The lowest BCUT2D eigenvalue weighted by molar-refractivity contribution is 0.309. The molecule has 1 N–H and O–H groups in total. The number of hydrogen-bond donors (Lipinski definition) is 1. The van der Waals surface area contributed by atoms with Crippen LogP contribution in [0.2, 0.25) is 0 Å². The third-order valence-electron chi connectivity index (χ3n) is 2.65. The number of ether oxygens (including phenoxy) is 1. The van der Waals surface area contributed by atoms with Gasteiger partial charge < -0.3 is 10.1 Å². The first-order chi connectivity index (χ1) is 8.86. The van der Waals surface area contributed by atoms with Crippen LogP contribution in [-0.4, -0.2) is 19.7 Å². The van der Waals surface area contributed by atoms with Crippen LogP contribution in [0.1, 0.15) is 38.7 Å². The van der Waals surface area contributed by atoms with E-state index in [2.05, 4.69) is 43.4 Å². The minimum atomic E-state index is 0.812. The van der Waals surface area contributed by atoms with Crippen molar-refractivity contribution in [3.8, 4) is 5.75 Å². The van der Waals surface area contributed by atoms with Crippen molar-refractivity contribution in [1.82, 2.24) is 5.32 Å². The summed E-state index contributed by atoms with van der Waals surface area (Å²) in [6.45, 7) is 7.17. The molecule has 0 radical (unpaired) electrons. The molecule has 0 fully saturated rings. The third kappa shape index (κ3) is 6.45. The molecule has 0 bridgehead atoms. The quantitative estimate of drug-likeness (QED) is 0.669. The van der Waals surface area contributed by atoms with Gasteiger partial charge >= 0.3 is 0 Å². The molecule has 1 rings (SSSR count). The maximum absolute atomic E-state index is 5.62. The minimum Gasteiger partial charge on any atom is -0.494 e. The molecule has 1 aromatic rings. The SMILES string of the molecule is CCCCOc1ccc(C=CCNCCC)cc1. The van der Waals surface area contributed by atoms with Crippen molar-refractivity contribution in [3.05, 3.63) is 35.9 Å². The second kappa shape index (κ2) is 9.72. The molecule has 0 aromatic heterocycles. The second-order valence-corrected chi connectivity index (χ2v) is 4.38. The highest BCUT2D eigenvalue weighted by atomic mass is 16.5. The van der Waals surface area contributed by atoms with Crippen LogP contribution in [0.25, 0.3) is 6.08 Å². The Morgan fingerprint density at radius 1 is 1.11 bits per heavy atom. The maximum atomic E-state index is 5.62. The molecule has 0 saturated carbocycles. The number of benzene rings is 1. The topological polar surface area (TPSA) is 21.3 Å². The summed E-state index contributed by atoms with van der Waals surface area (Å²) in [5.74, 6) is 0.963. The van der Waals surface area contributed by atoms with Crippen LogP contribution in [0.5, 0.6) is 5.75 Å². The van der Waals surface area contributed by atoms with E-state index in [-0.39, 0.29) is 0 Å². The fourth-order valence-electron chi connectivity index (χ4n) is 1.57. The molecule has 0 amide bonds. The van der Waals surface area contributed by atoms with Gasteiger partial charge in [-0.2, -0.15) is 0 Å². The molecule has 0 saturated heterocycles. The van der Waals surface area contributed by atoms with Gasteiger partial charge in [0.15, 0.2) is 0 Å². The summed E-state index contributed by atoms with van der Waals surface area (Å²) in [7, 11) is 0. The van der Waals surface area contributed by atoms with Gasteiger partial charge in [-0.05, 0) is 37.1 Å². The minimum absolute atomic E-state index is 0.812. The molecule has 0 aliphatic rings. The van der Waals surface area contributed by atoms with Crippen molar-refractivity contribution < 1.29 is 4.74 Å².